The van der Waals surface area contributed by atoms with E-state index >= 15 is 0 Å². The van der Waals surface area contributed by atoms with Crippen LogP contribution in [0.2, 0.25) is 0 Å². The van der Waals surface area contributed by atoms with Crippen molar-refractivity contribution in [1.29, 1.82) is 0 Å². The minimum atomic E-state index is -3.69. The van der Waals surface area contributed by atoms with E-state index in [0.717, 1.165) is 5.39 Å². The van der Waals surface area contributed by atoms with E-state index in [-0.39, 0.29) is 42.0 Å². The van der Waals surface area contributed by atoms with Crippen LogP contribution in [0.3, 0.4) is 0 Å². The van der Waals surface area contributed by atoms with Crippen LogP contribution in [0.5, 0.6) is 0 Å². The summed E-state index contributed by atoms with van der Waals surface area (Å²) >= 11 is 0. The van der Waals surface area contributed by atoms with Crippen LogP contribution in [0.4, 0.5) is 0 Å². The topological polar surface area (TPSA) is 43.4 Å². The Balaban J connectivity index is 0.00000162. The first kappa shape index (κ1) is 15.7. The molecule has 5 heteroatoms. The van der Waals surface area contributed by atoms with Crippen molar-refractivity contribution in [1.82, 2.24) is 0 Å². The van der Waals surface area contributed by atoms with E-state index in [2.05, 4.69) is 0 Å². The van der Waals surface area contributed by atoms with Gasteiger partial charge in [0.15, 0.2) is 0 Å². The zero-order valence-corrected chi connectivity index (χ0v) is 13.6. The van der Waals surface area contributed by atoms with Crippen LogP contribution in [0.1, 0.15) is 15.3 Å². The van der Waals surface area contributed by atoms with Crippen molar-refractivity contribution in [3.05, 3.63) is 42.5 Å². The molecule has 3 nitrogen and oxygen atoms in total. The second kappa shape index (κ2) is 6.17. The molecule has 0 bridgehead atoms. The number of rotatable bonds is 3. The van der Waals surface area contributed by atoms with Crippen LogP contribution >= 0.6 is 0 Å². The molecule has 0 saturated heterocycles. The summed E-state index contributed by atoms with van der Waals surface area (Å²) in [6, 6.07) is 12.5. The third-order valence-corrected chi connectivity index (χ3v) is 3.87. The molecule has 0 aliphatic carbocycles. The third kappa shape index (κ3) is 3.33. The molecule has 0 N–H and O–H groups in total. The van der Waals surface area contributed by atoms with Crippen molar-refractivity contribution in [2.75, 3.05) is 0 Å². The fraction of sp³-hybridized carbons (Fsp3) is 0.231. The third-order valence-electron chi connectivity index (χ3n) is 2.34. The molecule has 2 rings (SSSR count). The van der Waals surface area contributed by atoms with Crippen molar-refractivity contribution in [2.24, 2.45) is 0 Å². The second-order valence-electron chi connectivity index (χ2n) is 4.08. The first-order chi connectivity index (χ1) is 8.00. The summed E-state index contributed by atoms with van der Waals surface area (Å²) in [6.45, 7) is 3.39. The van der Waals surface area contributed by atoms with Gasteiger partial charge in [0.1, 0.15) is 4.90 Å². The predicted molar refractivity (Wildman–Crippen MR) is 68.5 cm³/mol. The van der Waals surface area contributed by atoms with Crippen LogP contribution in [-0.2, 0) is 14.3 Å². The smallest absolute Gasteiger partial charge is 1.00 e. The average molecular weight is 274 g/mol. The largest absolute Gasteiger partial charge is 1.00 e. The average Bonchev–Trinajstić information content (AvgIpc) is 2.26. The number of fused-ring (bicyclic) bond motifs is 1. The standard InChI is InChI=1S/C13H14O3S.Na.H/c1-10(2)16-17(14,15)13-9-5-7-11-6-3-4-8-12(11)13;;/h3-10H,1-2H3;;/q;+1;-1. The maximum atomic E-state index is 12.0. The molecule has 0 unspecified atom stereocenters. The van der Waals surface area contributed by atoms with Gasteiger partial charge in [0, 0.05) is 5.39 Å². The minimum Gasteiger partial charge on any atom is -1.00 e. The van der Waals surface area contributed by atoms with E-state index in [4.69, 9.17) is 4.18 Å². The molecule has 0 aliphatic rings. The van der Waals surface area contributed by atoms with Gasteiger partial charge in [-0.05, 0) is 25.3 Å². The Bertz CT molecular complexity index is 636. The Hall–Kier alpha value is -0.390. The van der Waals surface area contributed by atoms with Crippen molar-refractivity contribution in [3.63, 3.8) is 0 Å². The maximum Gasteiger partial charge on any atom is 1.00 e. The number of hydrogen-bond acceptors (Lipinski definition) is 3. The van der Waals surface area contributed by atoms with Crippen LogP contribution in [0, 0.1) is 0 Å². The van der Waals surface area contributed by atoms with E-state index in [9.17, 15) is 8.42 Å². The van der Waals surface area contributed by atoms with Gasteiger partial charge < -0.3 is 1.43 Å². The summed E-state index contributed by atoms with van der Waals surface area (Å²) < 4.78 is 29.1. The molecule has 0 spiro atoms. The monoisotopic (exact) mass is 274 g/mol. The molecule has 0 amide bonds. The Morgan fingerprint density at radius 1 is 1.06 bits per heavy atom. The van der Waals surface area contributed by atoms with Crippen molar-refractivity contribution in [3.8, 4) is 0 Å². The number of benzene rings is 2. The molecule has 92 valence electrons. The molecule has 18 heavy (non-hydrogen) atoms. The summed E-state index contributed by atoms with van der Waals surface area (Å²) in [5.41, 5.74) is 0. The molecule has 0 radical (unpaired) electrons. The van der Waals surface area contributed by atoms with E-state index in [1.807, 2.05) is 24.3 Å². The van der Waals surface area contributed by atoms with Crippen LogP contribution in [0.25, 0.3) is 10.8 Å². The summed E-state index contributed by atoms with van der Waals surface area (Å²) in [5.74, 6) is 0. The SMILES string of the molecule is CC(C)OS(=O)(=O)c1cccc2ccccc12.[H-].[Na+]. The van der Waals surface area contributed by atoms with Crippen molar-refractivity contribution >= 4 is 20.9 Å². The normalized spacial score (nSPS) is 11.5. The molecule has 0 aliphatic heterocycles. The molecule has 0 heterocycles. The van der Waals surface area contributed by atoms with Gasteiger partial charge in [-0.25, -0.2) is 0 Å². The summed E-state index contributed by atoms with van der Waals surface area (Å²) in [7, 11) is -3.69. The van der Waals surface area contributed by atoms with Gasteiger partial charge in [-0.1, -0.05) is 36.4 Å². The molecule has 0 saturated carbocycles. The van der Waals surface area contributed by atoms with E-state index in [1.54, 1.807) is 32.0 Å². The first-order valence-electron chi connectivity index (χ1n) is 5.42. The molecule has 2 aromatic rings. The fourth-order valence-corrected chi connectivity index (χ4v) is 3.03. The van der Waals surface area contributed by atoms with Gasteiger partial charge in [0.2, 0.25) is 0 Å². The summed E-state index contributed by atoms with van der Waals surface area (Å²) in [6.07, 6.45) is -0.362. The molecular weight excluding hydrogens is 259 g/mol. The molecule has 0 atom stereocenters. The van der Waals surface area contributed by atoms with Gasteiger partial charge >= 0.3 is 29.6 Å². The second-order valence-corrected chi connectivity index (χ2v) is 5.62. The van der Waals surface area contributed by atoms with Crippen LogP contribution in [-0.4, -0.2) is 14.5 Å². The molecular formula is C13H15NaO3S. The maximum absolute atomic E-state index is 12.0. The van der Waals surface area contributed by atoms with E-state index < -0.39 is 10.1 Å². The molecule has 0 aromatic heterocycles. The summed E-state index contributed by atoms with van der Waals surface area (Å²) in [4.78, 5) is 0.226. The van der Waals surface area contributed by atoms with Gasteiger partial charge in [-0.3, -0.25) is 4.18 Å². The zero-order chi connectivity index (χ0) is 12.5. The van der Waals surface area contributed by atoms with Gasteiger partial charge in [-0.15, -0.1) is 0 Å². The van der Waals surface area contributed by atoms with E-state index in [1.165, 1.54) is 0 Å². The Morgan fingerprint density at radius 3 is 2.33 bits per heavy atom. The number of hydrogen-bond donors (Lipinski definition) is 0. The Morgan fingerprint density at radius 2 is 1.67 bits per heavy atom. The predicted octanol–water partition coefficient (Wildman–Crippen LogP) is 0.0700. The summed E-state index contributed by atoms with van der Waals surface area (Å²) in [5, 5.41) is 1.58. The molecule has 0 fully saturated rings. The van der Waals surface area contributed by atoms with Crippen molar-refractivity contribution < 1.29 is 43.6 Å². The fourth-order valence-electron chi connectivity index (χ4n) is 1.72. The van der Waals surface area contributed by atoms with Gasteiger partial charge in [-0.2, -0.15) is 8.42 Å². The van der Waals surface area contributed by atoms with Crippen LogP contribution in [0.15, 0.2) is 47.4 Å². The van der Waals surface area contributed by atoms with Crippen LogP contribution < -0.4 is 29.6 Å². The van der Waals surface area contributed by atoms with E-state index in [0.29, 0.717) is 5.39 Å². The Labute approximate surface area is 131 Å². The van der Waals surface area contributed by atoms with Gasteiger partial charge in [0.05, 0.1) is 6.10 Å². The first-order valence-corrected chi connectivity index (χ1v) is 6.82. The van der Waals surface area contributed by atoms with Gasteiger partial charge in [0.25, 0.3) is 10.1 Å². The molecule has 2 aromatic carbocycles. The zero-order valence-electron chi connectivity index (χ0n) is 11.8. The van der Waals surface area contributed by atoms with Crippen molar-refractivity contribution in [2.45, 2.75) is 24.8 Å². The minimum absolute atomic E-state index is 0. The quantitative estimate of drug-likeness (QED) is 0.588. The Kier molecular flexibility index (Phi) is 5.37.